The van der Waals surface area contributed by atoms with Gasteiger partial charge in [-0.3, -0.25) is 18.8 Å². The Bertz CT molecular complexity index is 1600. The highest BCUT2D eigenvalue weighted by atomic mass is 16.2. The van der Waals surface area contributed by atoms with E-state index in [9.17, 15) is 14.4 Å². The molecule has 11 heteroatoms. The monoisotopic (exact) mass is 538 g/mol. The van der Waals surface area contributed by atoms with Crippen molar-refractivity contribution >= 4 is 34.9 Å². The van der Waals surface area contributed by atoms with Gasteiger partial charge in [-0.25, -0.2) is 15.0 Å². The van der Waals surface area contributed by atoms with Gasteiger partial charge in [0.05, 0.1) is 6.04 Å². The van der Waals surface area contributed by atoms with Gasteiger partial charge in [0.1, 0.15) is 34.7 Å². The van der Waals surface area contributed by atoms with Crippen LogP contribution in [0, 0.1) is 0 Å². The number of hydrogen-bond donors (Lipinski definition) is 2. The minimum atomic E-state index is -0.559. The van der Waals surface area contributed by atoms with Crippen LogP contribution in [0.5, 0.6) is 0 Å². The third-order valence-electron chi connectivity index (χ3n) is 7.21. The number of nitrogen functional groups attached to an aromatic ring is 1. The third-order valence-corrected chi connectivity index (χ3v) is 7.21. The number of nitrogens with one attached hydrogen (secondary N) is 1. The van der Waals surface area contributed by atoms with Crippen LogP contribution in [-0.4, -0.2) is 65.5 Å². The maximum Gasteiger partial charge on any atom is 0.256 e. The van der Waals surface area contributed by atoms with Gasteiger partial charge in [-0.15, -0.1) is 0 Å². The van der Waals surface area contributed by atoms with Crippen molar-refractivity contribution in [3.63, 3.8) is 0 Å². The Kier molecular flexibility index (Phi) is 7.03. The van der Waals surface area contributed by atoms with Crippen LogP contribution in [-0.2, 0) is 9.59 Å². The van der Waals surface area contributed by atoms with Crippen molar-refractivity contribution in [2.45, 2.75) is 38.9 Å². The van der Waals surface area contributed by atoms with Gasteiger partial charge in [0.2, 0.25) is 11.8 Å². The number of imidazole rings is 1. The number of aromatic nitrogens is 4. The average Bonchev–Trinajstić information content (AvgIpc) is 3.34. The number of carbonyl (C=O) groups is 3. The highest BCUT2D eigenvalue weighted by Gasteiger charge is 2.43. The first kappa shape index (κ1) is 26.5. The SMILES string of the molecule is C=CC(=O)N1C[C@H](C)N(C(C)=O)C(c2nc(-c3ccc(C(=O)Nc4ccccn4)cc3)c3c(N)nccn23)[C@@H]1C. The Morgan fingerprint density at radius 3 is 2.48 bits per heavy atom. The molecule has 0 bridgehead atoms. The molecule has 4 aromatic rings. The van der Waals surface area contributed by atoms with E-state index >= 15 is 0 Å². The second kappa shape index (κ2) is 10.6. The lowest BCUT2D eigenvalue weighted by Crippen LogP contribution is -2.60. The lowest BCUT2D eigenvalue weighted by Gasteiger charge is -2.48. The van der Waals surface area contributed by atoms with Crippen molar-refractivity contribution in [2.24, 2.45) is 0 Å². The summed E-state index contributed by atoms with van der Waals surface area (Å²) in [6.45, 7) is 9.35. The summed E-state index contributed by atoms with van der Waals surface area (Å²) in [4.78, 5) is 55.2. The van der Waals surface area contributed by atoms with Gasteiger partial charge in [0.25, 0.3) is 5.91 Å². The number of anilines is 2. The molecule has 1 aliphatic rings. The van der Waals surface area contributed by atoms with Crippen LogP contribution < -0.4 is 11.1 Å². The number of hydrogen-bond acceptors (Lipinski definition) is 7. The third kappa shape index (κ3) is 4.66. The van der Waals surface area contributed by atoms with Crippen molar-refractivity contribution in [2.75, 3.05) is 17.6 Å². The first-order valence-corrected chi connectivity index (χ1v) is 12.9. The second-order valence-corrected chi connectivity index (χ2v) is 9.75. The van der Waals surface area contributed by atoms with Gasteiger partial charge in [-0.1, -0.05) is 24.8 Å². The highest BCUT2D eigenvalue weighted by molar-refractivity contribution is 6.04. The lowest BCUT2D eigenvalue weighted by atomic mass is 9.97. The van der Waals surface area contributed by atoms with Crippen molar-refractivity contribution in [3.05, 3.63) is 85.1 Å². The summed E-state index contributed by atoms with van der Waals surface area (Å²) in [5.41, 5.74) is 8.63. The molecule has 204 valence electrons. The Balaban J connectivity index is 1.58. The Labute approximate surface area is 231 Å². The minimum Gasteiger partial charge on any atom is -0.382 e. The molecule has 11 nitrogen and oxygen atoms in total. The van der Waals surface area contributed by atoms with Crippen molar-refractivity contribution in [1.29, 1.82) is 0 Å². The van der Waals surface area contributed by atoms with Gasteiger partial charge >= 0.3 is 0 Å². The Hall–Kier alpha value is -5.06. The molecule has 40 heavy (non-hydrogen) atoms. The predicted octanol–water partition coefficient (Wildman–Crippen LogP) is 3.32. The molecule has 3 amide bonds. The second-order valence-electron chi connectivity index (χ2n) is 9.75. The van der Waals surface area contributed by atoms with Crippen LogP contribution in [0.25, 0.3) is 16.8 Å². The largest absolute Gasteiger partial charge is 0.382 e. The lowest BCUT2D eigenvalue weighted by molar-refractivity contribution is -0.148. The van der Waals surface area contributed by atoms with Crippen molar-refractivity contribution in [3.8, 4) is 11.3 Å². The first-order valence-electron chi connectivity index (χ1n) is 12.9. The van der Waals surface area contributed by atoms with Gasteiger partial charge in [0, 0.05) is 49.2 Å². The number of carbonyl (C=O) groups excluding carboxylic acids is 3. The molecule has 3 aromatic heterocycles. The zero-order valence-corrected chi connectivity index (χ0v) is 22.5. The number of piperazine rings is 1. The number of benzene rings is 1. The van der Waals surface area contributed by atoms with Gasteiger partial charge in [0.15, 0.2) is 0 Å². The fourth-order valence-electron chi connectivity index (χ4n) is 5.37. The van der Waals surface area contributed by atoms with E-state index in [0.29, 0.717) is 40.5 Å². The van der Waals surface area contributed by atoms with E-state index in [0.717, 1.165) is 0 Å². The summed E-state index contributed by atoms with van der Waals surface area (Å²) in [5.74, 6) is 0.629. The molecular weight excluding hydrogens is 508 g/mol. The van der Waals surface area contributed by atoms with E-state index < -0.39 is 12.1 Å². The normalized spacial score (nSPS) is 18.9. The number of nitrogens with zero attached hydrogens (tertiary/aromatic N) is 6. The number of fused-ring (bicyclic) bond motifs is 1. The standard InChI is InChI=1S/C29H30N8O3/c1-5-23(39)36-16-17(2)37(19(4)38)25(18(36)3)28-34-24(26-27(30)32-14-15-35(26)28)20-9-11-21(12-10-20)29(40)33-22-8-6-7-13-31-22/h5-15,17-18,25H,1,16H2,2-4H3,(H2,30,32)(H,31,33,40)/t17-,18-,25?/m0/s1. The van der Waals surface area contributed by atoms with Gasteiger partial charge in [-0.05, 0) is 44.2 Å². The summed E-state index contributed by atoms with van der Waals surface area (Å²) >= 11 is 0. The van der Waals surface area contributed by atoms with Gasteiger partial charge < -0.3 is 20.9 Å². The molecule has 0 aliphatic carbocycles. The smallest absolute Gasteiger partial charge is 0.256 e. The molecule has 0 saturated carbocycles. The fraction of sp³-hybridized carbons (Fsp3) is 0.241. The van der Waals surface area contributed by atoms with Crippen LogP contribution in [0.3, 0.4) is 0 Å². The highest BCUT2D eigenvalue weighted by Crippen LogP contribution is 2.37. The maximum absolute atomic E-state index is 12.9. The minimum absolute atomic E-state index is 0.126. The number of pyridine rings is 1. The summed E-state index contributed by atoms with van der Waals surface area (Å²) in [6, 6.07) is 11.0. The van der Waals surface area contributed by atoms with Gasteiger partial charge in [-0.2, -0.15) is 0 Å². The maximum atomic E-state index is 12.9. The van der Waals surface area contributed by atoms with E-state index in [1.54, 1.807) is 70.9 Å². The van der Waals surface area contributed by atoms with Crippen LogP contribution >= 0.6 is 0 Å². The predicted molar refractivity (Wildman–Crippen MR) is 151 cm³/mol. The van der Waals surface area contributed by atoms with Crippen LogP contribution in [0.4, 0.5) is 11.6 Å². The Morgan fingerprint density at radius 1 is 1.07 bits per heavy atom. The van der Waals surface area contributed by atoms with Crippen LogP contribution in [0.1, 0.15) is 43.0 Å². The average molecular weight is 539 g/mol. The summed E-state index contributed by atoms with van der Waals surface area (Å²) in [6.07, 6.45) is 6.21. The molecule has 1 fully saturated rings. The summed E-state index contributed by atoms with van der Waals surface area (Å²) in [7, 11) is 0. The molecule has 0 radical (unpaired) electrons. The zero-order chi connectivity index (χ0) is 28.6. The Morgan fingerprint density at radius 2 is 1.82 bits per heavy atom. The summed E-state index contributed by atoms with van der Waals surface area (Å²) < 4.78 is 1.82. The molecule has 1 aromatic carbocycles. The quantitative estimate of drug-likeness (QED) is 0.372. The number of amides is 3. The fourth-order valence-corrected chi connectivity index (χ4v) is 5.37. The van der Waals surface area contributed by atoms with Crippen molar-refractivity contribution in [1.82, 2.24) is 29.2 Å². The molecule has 1 saturated heterocycles. The molecule has 0 spiro atoms. The topological polar surface area (TPSA) is 139 Å². The number of rotatable bonds is 5. The van der Waals surface area contributed by atoms with E-state index in [1.165, 1.54) is 13.0 Å². The first-order chi connectivity index (χ1) is 19.2. The molecule has 1 aliphatic heterocycles. The molecule has 5 rings (SSSR count). The van der Waals surface area contributed by atoms with E-state index in [2.05, 4.69) is 21.9 Å². The zero-order valence-electron chi connectivity index (χ0n) is 22.5. The van der Waals surface area contributed by atoms with Crippen LogP contribution in [0.15, 0.2) is 73.7 Å². The molecule has 4 heterocycles. The van der Waals surface area contributed by atoms with E-state index in [-0.39, 0.29) is 29.6 Å². The van der Waals surface area contributed by atoms with E-state index in [4.69, 9.17) is 10.7 Å². The molecule has 3 atom stereocenters. The van der Waals surface area contributed by atoms with Crippen molar-refractivity contribution < 1.29 is 14.4 Å². The molecular formula is C29H30N8O3. The van der Waals surface area contributed by atoms with E-state index in [1.807, 2.05) is 18.2 Å². The van der Waals surface area contributed by atoms with Crippen LogP contribution in [0.2, 0.25) is 0 Å². The molecule has 3 N–H and O–H groups in total. The number of nitrogens with two attached hydrogens (primary N) is 1. The summed E-state index contributed by atoms with van der Waals surface area (Å²) in [5, 5.41) is 2.77. The molecule has 1 unspecified atom stereocenters.